The third-order valence-corrected chi connectivity index (χ3v) is 3.36. The van der Waals surface area contributed by atoms with E-state index in [4.69, 9.17) is 0 Å². The van der Waals surface area contributed by atoms with Crippen molar-refractivity contribution in [2.75, 3.05) is 12.4 Å². The van der Waals surface area contributed by atoms with E-state index < -0.39 is 11.0 Å². The van der Waals surface area contributed by atoms with E-state index >= 15 is 0 Å². The Kier molecular flexibility index (Phi) is 3.52. The van der Waals surface area contributed by atoms with Crippen molar-refractivity contribution < 1.29 is 14.5 Å². The van der Waals surface area contributed by atoms with Crippen LogP contribution in [0.25, 0.3) is 0 Å². The number of carbonyl (C=O) groups is 2. The van der Waals surface area contributed by atoms with Gasteiger partial charge in [0.1, 0.15) is 11.7 Å². The van der Waals surface area contributed by atoms with Crippen molar-refractivity contribution >= 4 is 39.1 Å². The molecule has 1 aromatic carbocycles. The molecule has 19 heavy (non-hydrogen) atoms. The molecule has 2 rings (SSSR count). The third kappa shape index (κ3) is 2.58. The van der Waals surface area contributed by atoms with Gasteiger partial charge in [0.2, 0.25) is 5.91 Å². The molecule has 1 atom stereocenters. The smallest absolute Gasteiger partial charge is 0.293 e. The average Bonchev–Trinajstić information content (AvgIpc) is 2.59. The topological polar surface area (TPSA) is 92.6 Å². The Labute approximate surface area is 116 Å². The van der Waals surface area contributed by atoms with Crippen molar-refractivity contribution in [2.24, 2.45) is 0 Å². The van der Waals surface area contributed by atoms with Gasteiger partial charge in [-0.1, -0.05) is 15.9 Å². The lowest BCUT2D eigenvalue weighted by Gasteiger charge is -2.12. The molecule has 1 aliphatic heterocycles. The number of anilines is 1. The molecule has 1 aromatic rings. The minimum absolute atomic E-state index is 0.00253. The first-order chi connectivity index (χ1) is 8.90. The number of nitro groups is 1. The molecule has 0 aliphatic carbocycles. The molecule has 1 saturated heterocycles. The summed E-state index contributed by atoms with van der Waals surface area (Å²) in [7, 11) is 1.39. The van der Waals surface area contributed by atoms with Crippen LogP contribution in [0.1, 0.15) is 6.42 Å². The van der Waals surface area contributed by atoms with Crippen LogP contribution in [-0.4, -0.2) is 34.7 Å². The second-order valence-corrected chi connectivity index (χ2v) is 5.03. The van der Waals surface area contributed by atoms with Crippen LogP contribution in [0.15, 0.2) is 22.7 Å². The molecule has 8 heteroatoms. The standard InChI is InChI=1S/C11H10BrN3O4/c1-14-10(16)5-8(11(14)17)13-7-3-2-6(12)4-9(7)15(18)19/h2-4,8,13H,5H2,1H3. The van der Waals surface area contributed by atoms with Gasteiger partial charge in [-0.25, -0.2) is 0 Å². The molecule has 0 radical (unpaired) electrons. The summed E-state index contributed by atoms with van der Waals surface area (Å²) in [6, 6.07) is 3.71. The Morgan fingerprint density at radius 3 is 2.68 bits per heavy atom. The first-order valence-electron chi connectivity index (χ1n) is 5.41. The molecule has 1 heterocycles. The largest absolute Gasteiger partial charge is 0.368 e. The molecule has 100 valence electrons. The summed E-state index contributed by atoms with van der Waals surface area (Å²) in [5.74, 6) is -0.690. The lowest BCUT2D eigenvalue weighted by molar-refractivity contribution is -0.384. The highest BCUT2D eigenvalue weighted by molar-refractivity contribution is 9.10. The second-order valence-electron chi connectivity index (χ2n) is 4.11. The number of nitrogens with one attached hydrogen (secondary N) is 1. The molecule has 1 unspecified atom stereocenters. The van der Waals surface area contributed by atoms with Crippen LogP contribution in [0.2, 0.25) is 0 Å². The zero-order chi connectivity index (χ0) is 14.2. The first-order valence-corrected chi connectivity index (χ1v) is 6.20. The van der Waals surface area contributed by atoms with Crippen LogP contribution in [0.5, 0.6) is 0 Å². The fraction of sp³-hybridized carbons (Fsp3) is 0.273. The van der Waals surface area contributed by atoms with Gasteiger partial charge in [-0.2, -0.15) is 0 Å². The molecule has 1 N–H and O–H groups in total. The fourth-order valence-electron chi connectivity index (χ4n) is 1.83. The van der Waals surface area contributed by atoms with Crippen LogP contribution >= 0.6 is 15.9 Å². The Balaban J connectivity index is 2.27. The fourth-order valence-corrected chi connectivity index (χ4v) is 2.18. The quantitative estimate of drug-likeness (QED) is 0.516. The van der Waals surface area contributed by atoms with Gasteiger partial charge in [0.05, 0.1) is 11.3 Å². The predicted molar refractivity (Wildman–Crippen MR) is 70.6 cm³/mol. The number of likely N-dealkylation sites (N-methyl/N-ethyl adjacent to an activating group) is 1. The van der Waals surface area contributed by atoms with Gasteiger partial charge in [0, 0.05) is 17.6 Å². The van der Waals surface area contributed by atoms with Gasteiger partial charge in [-0.05, 0) is 12.1 Å². The van der Waals surface area contributed by atoms with E-state index in [2.05, 4.69) is 21.2 Å². The maximum absolute atomic E-state index is 11.7. The van der Waals surface area contributed by atoms with Crippen molar-refractivity contribution in [1.82, 2.24) is 4.90 Å². The maximum Gasteiger partial charge on any atom is 0.293 e. The number of carbonyl (C=O) groups excluding carboxylic acids is 2. The number of hydrogen-bond donors (Lipinski definition) is 1. The van der Waals surface area contributed by atoms with E-state index in [1.165, 1.54) is 19.2 Å². The normalized spacial score (nSPS) is 18.8. The van der Waals surface area contributed by atoms with Gasteiger partial charge >= 0.3 is 0 Å². The number of amides is 2. The van der Waals surface area contributed by atoms with Crippen molar-refractivity contribution in [3.8, 4) is 0 Å². The number of hydrogen-bond acceptors (Lipinski definition) is 5. The van der Waals surface area contributed by atoms with E-state index in [0.29, 0.717) is 4.47 Å². The van der Waals surface area contributed by atoms with Crippen LogP contribution in [0.4, 0.5) is 11.4 Å². The summed E-state index contributed by atoms with van der Waals surface area (Å²) in [5.41, 5.74) is 0.0684. The van der Waals surface area contributed by atoms with E-state index in [9.17, 15) is 19.7 Å². The van der Waals surface area contributed by atoms with Gasteiger partial charge in [0.25, 0.3) is 11.6 Å². The number of likely N-dealkylation sites (tertiary alicyclic amines) is 1. The first kappa shape index (κ1) is 13.5. The van der Waals surface area contributed by atoms with Crippen molar-refractivity contribution in [1.29, 1.82) is 0 Å². The number of nitro benzene ring substituents is 1. The van der Waals surface area contributed by atoms with Crippen LogP contribution in [0.3, 0.4) is 0 Å². The lowest BCUT2D eigenvalue weighted by atomic mass is 10.2. The number of halogens is 1. The monoisotopic (exact) mass is 327 g/mol. The highest BCUT2D eigenvalue weighted by Crippen LogP contribution is 2.29. The molecule has 0 aromatic heterocycles. The molecule has 7 nitrogen and oxygen atoms in total. The predicted octanol–water partition coefficient (Wildman–Crippen LogP) is 1.53. The molecule has 0 saturated carbocycles. The van der Waals surface area contributed by atoms with Crippen LogP contribution in [-0.2, 0) is 9.59 Å². The summed E-state index contributed by atoms with van der Waals surface area (Å²) in [4.78, 5) is 34.5. The molecular formula is C11H10BrN3O4. The van der Waals surface area contributed by atoms with E-state index in [-0.39, 0.29) is 29.6 Å². The van der Waals surface area contributed by atoms with Gasteiger partial charge in [0.15, 0.2) is 0 Å². The maximum atomic E-state index is 11.7. The zero-order valence-electron chi connectivity index (χ0n) is 9.92. The van der Waals surface area contributed by atoms with E-state index in [1.54, 1.807) is 6.07 Å². The lowest BCUT2D eigenvalue weighted by Crippen LogP contribution is -2.31. The Hall–Kier alpha value is -1.96. The molecule has 0 bridgehead atoms. The Morgan fingerprint density at radius 1 is 1.47 bits per heavy atom. The number of benzene rings is 1. The summed E-state index contributed by atoms with van der Waals surface area (Å²) < 4.78 is 0.565. The zero-order valence-corrected chi connectivity index (χ0v) is 11.5. The van der Waals surface area contributed by atoms with E-state index in [1.807, 2.05) is 0 Å². The van der Waals surface area contributed by atoms with E-state index in [0.717, 1.165) is 4.90 Å². The van der Waals surface area contributed by atoms with Crippen LogP contribution < -0.4 is 5.32 Å². The summed E-state index contributed by atoms with van der Waals surface area (Å²) in [6.45, 7) is 0. The molecule has 0 spiro atoms. The molecular weight excluding hydrogens is 318 g/mol. The van der Waals surface area contributed by atoms with Crippen molar-refractivity contribution in [3.63, 3.8) is 0 Å². The average molecular weight is 328 g/mol. The molecule has 1 fully saturated rings. The van der Waals surface area contributed by atoms with Gasteiger partial charge < -0.3 is 5.32 Å². The number of imide groups is 1. The molecule has 1 aliphatic rings. The highest BCUT2D eigenvalue weighted by Gasteiger charge is 2.36. The molecule has 2 amide bonds. The summed E-state index contributed by atoms with van der Waals surface area (Å²) >= 11 is 3.15. The van der Waals surface area contributed by atoms with Crippen LogP contribution in [0, 0.1) is 10.1 Å². The second kappa shape index (κ2) is 4.96. The highest BCUT2D eigenvalue weighted by atomic mass is 79.9. The SMILES string of the molecule is CN1C(=O)CC(Nc2ccc(Br)cc2[N+](=O)[O-])C1=O. The van der Waals surface area contributed by atoms with Gasteiger partial charge in [-0.3, -0.25) is 24.6 Å². The Bertz CT molecular complexity index is 575. The summed E-state index contributed by atoms with van der Waals surface area (Å²) in [5, 5.41) is 13.7. The minimum atomic E-state index is -0.752. The number of nitrogens with zero attached hydrogens (tertiary/aromatic N) is 2. The summed E-state index contributed by atoms with van der Waals surface area (Å²) in [6.07, 6.45) is 0.00253. The van der Waals surface area contributed by atoms with Crippen molar-refractivity contribution in [3.05, 3.63) is 32.8 Å². The Morgan fingerprint density at radius 2 is 2.16 bits per heavy atom. The minimum Gasteiger partial charge on any atom is -0.368 e. The third-order valence-electron chi connectivity index (χ3n) is 2.87. The van der Waals surface area contributed by atoms with Gasteiger partial charge in [-0.15, -0.1) is 0 Å². The number of rotatable bonds is 3. The van der Waals surface area contributed by atoms with Crippen molar-refractivity contribution in [2.45, 2.75) is 12.5 Å².